The predicted molar refractivity (Wildman–Crippen MR) is 78.9 cm³/mol. The Hall–Kier alpha value is -2.04. The van der Waals surface area contributed by atoms with Crippen molar-refractivity contribution in [3.05, 3.63) is 34.9 Å². The van der Waals surface area contributed by atoms with Crippen molar-refractivity contribution < 1.29 is 19.4 Å². The summed E-state index contributed by atoms with van der Waals surface area (Å²) in [6, 6.07) is 3.78. The number of fused-ring (bicyclic) bond motifs is 2. The van der Waals surface area contributed by atoms with E-state index in [9.17, 15) is 14.7 Å². The largest absolute Gasteiger partial charge is 0.509 e. The zero-order valence-electron chi connectivity index (χ0n) is 12.6. The smallest absolute Gasteiger partial charge is 0.345 e. The van der Waals surface area contributed by atoms with Gasteiger partial charge in [0.25, 0.3) is 0 Å². The number of carbonyl (C=O) groups is 2. The third kappa shape index (κ3) is 1.59. The fourth-order valence-electron chi connectivity index (χ4n) is 4.09. The van der Waals surface area contributed by atoms with E-state index in [0.717, 1.165) is 44.2 Å². The van der Waals surface area contributed by atoms with Crippen LogP contribution in [-0.2, 0) is 15.1 Å². The molecule has 5 heteroatoms. The number of allylic oxidation sites excluding steroid dienone is 1. The highest BCUT2D eigenvalue weighted by Gasteiger charge is 2.51. The van der Waals surface area contributed by atoms with Crippen LogP contribution in [0.3, 0.4) is 0 Å². The predicted octanol–water partition coefficient (Wildman–Crippen LogP) is 2.82. The third-order valence-electron chi connectivity index (χ3n) is 5.29. The van der Waals surface area contributed by atoms with Crippen LogP contribution in [0.5, 0.6) is 0 Å². The number of hydrogen-bond acceptors (Lipinski definition) is 4. The maximum absolute atomic E-state index is 12.7. The van der Waals surface area contributed by atoms with Gasteiger partial charge in [0.2, 0.25) is 5.78 Å². The van der Waals surface area contributed by atoms with Gasteiger partial charge in [-0.25, -0.2) is 4.79 Å². The van der Waals surface area contributed by atoms with Gasteiger partial charge in [-0.1, -0.05) is 12.8 Å². The van der Waals surface area contributed by atoms with E-state index in [0.29, 0.717) is 11.6 Å². The maximum atomic E-state index is 12.7. The zero-order valence-corrected chi connectivity index (χ0v) is 12.6. The summed E-state index contributed by atoms with van der Waals surface area (Å²) in [5.41, 5.74) is 0.828. The summed E-state index contributed by atoms with van der Waals surface area (Å²) in [6.07, 6.45) is 5.73. The van der Waals surface area contributed by atoms with E-state index < -0.39 is 17.3 Å². The number of carbonyl (C=O) groups excluding carboxylic acids is 2. The molecular formula is C17H19NO4. The Morgan fingerprint density at radius 1 is 1.32 bits per heavy atom. The summed E-state index contributed by atoms with van der Waals surface area (Å²) in [4.78, 5) is 24.7. The number of methoxy groups -OCH3 is 1. The molecule has 2 aliphatic carbocycles. The van der Waals surface area contributed by atoms with E-state index in [2.05, 4.69) is 0 Å². The van der Waals surface area contributed by atoms with E-state index in [-0.39, 0.29) is 11.3 Å². The van der Waals surface area contributed by atoms with Gasteiger partial charge in [-0.3, -0.25) is 4.79 Å². The first-order valence-electron chi connectivity index (χ1n) is 7.89. The van der Waals surface area contributed by atoms with E-state index in [1.54, 1.807) is 6.07 Å². The molecule has 0 aromatic carbocycles. The molecule has 0 saturated heterocycles. The van der Waals surface area contributed by atoms with Crippen LogP contribution in [0.25, 0.3) is 0 Å². The summed E-state index contributed by atoms with van der Waals surface area (Å²) < 4.78 is 6.76. The molecule has 1 aromatic heterocycles. The monoisotopic (exact) mass is 301 g/mol. The number of aliphatic hydroxyl groups is 1. The molecule has 1 N–H and O–H groups in total. The van der Waals surface area contributed by atoms with E-state index in [4.69, 9.17) is 4.74 Å². The van der Waals surface area contributed by atoms with Gasteiger partial charge in [-0.15, -0.1) is 0 Å². The molecule has 22 heavy (non-hydrogen) atoms. The Balaban J connectivity index is 1.97. The van der Waals surface area contributed by atoms with Crippen molar-refractivity contribution in [2.24, 2.45) is 0 Å². The van der Waals surface area contributed by atoms with Gasteiger partial charge in [-0.2, -0.15) is 0 Å². The molecule has 4 rings (SSSR count). The Labute approximate surface area is 128 Å². The van der Waals surface area contributed by atoms with Gasteiger partial charge in [0, 0.05) is 5.69 Å². The highest BCUT2D eigenvalue weighted by Crippen LogP contribution is 2.51. The van der Waals surface area contributed by atoms with E-state index in [1.165, 1.54) is 7.11 Å². The van der Waals surface area contributed by atoms with Crippen LogP contribution >= 0.6 is 0 Å². The summed E-state index contributed by atoms with van der Waals surface area (Å²) in [7, 11) is 1.24. The van der Waals surface area contributed by atoms with Gasteiger partial charge in [0.15, 0.2) is 0 Å². The van der Waals surface area contributed by atoms with E-state index >= 15 is 0 Å². The number of esters is 1. The van der Waals surface area contributed by atoms with Crippen LogP contribution in [0, 0.1) is 0 Å². The maximum Gasteiger partial charge on any atom is 0.345 e. The van der Waals surface area contributed by atoms with Gasteiger partial charge in [-0.05, 0) is 43.7 Å². The van der Waals surface area contributed by atoms with Crippen molar-refractivity contribution in [3.63, 3.8) is 0 Å². The van der Waals surface area contributed by atoms with Crippen LogP contribution in [0.15, 0.2) is 23.5 Å². The number of ketones is 1. The first kappa shape index (κ1) is 13.6. The lowest BCUT2D eigenvalue weighted by atomic mass is 9.85. The van der Waals surface area contributed by atoms with Gasteiger partial charge < -0.3 is 14.4 Å². The second-order valence-electron chi connectivity index (χ2n) is 6.54. The molecule has 5 nitrogen and oxygen atoms in total. The Bertz CT molecular complexity index is 702. The van der Waals surface area contributed by atoms with Crippen molar-refractivity contribution in [1.29, 1.82) is 0 Å². The summed E-state index contributed by atoms with van der Waals surface area (Å²) in [6.45, 7) is 0. The first-order chi connectivity index (χ1) is 10.6. The van der Waals surface area contributed by atoms with Crippen molar-refractivity contribution in [3.8, 4) is 0 Å². The summed E-state index contributed by atoms with van der Waals surface area (Å²) in [5.74, 6) is -0.776. The zero-order chi connectivity index (χ0) is 15.5. The topological polar surface area (TPSA) is 68.5 Å². The molecular weight excluding hydrogens is 282 g/mol. The molecule has 3 aliphatic rings. The lowest BCUT2D eigenvalue weighted by Crippen LogP contribution is -2.43. The average Bonchev–Trinajstić information content (AvgIpc) is 3.07. The minimum absolute atomic E-state index is 0.0903. The standard InChI is InChI=1S/C17H19NO4/c1-22-16(21)13-14(19)12-7-6-11(10-4-5-10)18(12)17(15(13)20)8-2-3-9-17/h6-7,10,20H,2-5,8-9H2,1H3. The lowest BCUT2D eigenvalue weighted by molar-refractivity contribution is -0.136. The minimum Gasteiger partial charge on any atom is -0.509 e. The Kier molecular flexibility index (Phi) is 2.77. The number of Topliss-reactive ketones (excluding diaryl/α,β-unsaturated/α-hetero) is 1. The van der Waals surface area contributed by atoms with Gasteiger partial charge >= 0.3 is 5.97 Å². The molecule has 2 fully saturated rings. The highest BCUT2D eigenvalue weighted by molar-refractivity contribution is 6.24. The van der Waals surface area contributed by atoms with Crippen LogP contribution in [0.1, 0.15) is 60.6 Å². The van der Waals surface area contributed by atoms with Crippen molar-refractivity contribution in [1.82, 2.24) is 4.57 Å². The van der Waals surface area contributed by atoms with Crippen LogP contribution in [-0.4, -0.2) is 28.5 Å². The summed E-state index contributed by atoms with van der Waals surface area (Å²) >= 11 is 0. The van der Waals surface area contributed by atoms with Crippen LogP contribution in [0.4, 0.5) is 0 Å². The molecule has 0 bridgehead atoms. The van der Waals surface area contributed by atoms with Gasteiger partial charge in [0.1, 0.15) is 16.9 Å². The number of nitrogens with zero attached hydrogens (tertiary/aromatic N) is 1. The molecule has 0 unspecified atom stereocenters. The number of aromatic nitrogens is 1. The van der Waals surface area contributed by atoms with Crippen molar-refractivity contribution in [2.45, 2.75) is 50.0 Å². The van der Waals surface area contributed by atoms with E-state index in [1.807, 2.05) is 10.6 Å². The quantitative estimate of drug-likeness (QED) is 0.673. The Morgan fingerprint density at radius 2 is 2.00 bits per heavy atom. The lowest BCUT2D eigenvalue weighted by Gasteiger charge is -2.38. The fraction of sp³-hybridized carbons (Fsp3) is 0.529. The van der Waals surface area contributed by atoms with Crippen molar-refractivity contribution in [2.75, 3.05) is 7.11 Å². The average molecular weight is 301 g/mol. The SMILES string of the molecule is COC(=O)C1=C(O)C2(CCCC2)n2c(ccc2C2CC2)C1=O. The second-order valence-corrected chi connectivity index (χ2v) is 6.54. The number of hydrogen-bond donors (Lipinski definition) is 1. The number of ether oxygens (including phenoxy) is 1. The number of rotatable bonds is 2. The molecule has 0 atom stereocenters. The molecule has 1 spiro atoms. The molecule has 1 aromatic rings. The fourth-order valence-corrected chi connectivity index (χ4v) is 4.09. The molecule has 116 valence electrons. The first-order valence-corrected chi connectivity index (χ1v) is 7.89. The van der Waals surface area contributed by atoms with Gasteiger partial charge in [0.05, 0.1) is 12.8 Å². The van der Waals surface area contributed by atoms with Crippen LogP contribution < -0.4 is 0 Å². The van der Waals surface area contributed by atoms with Crippen LogP contribution in [0.2, 0.25) is 0 Å². The summed E-state index contributed by atoms with van der Waals surface area (Å²) in [5, 5.41) is 10.8. The molecule has 2 heterocycles. The highest BCUT2D eigenvalue weighted by atomic mass is 16.5. The molecule has 1 aliphatic heterocycles. The Morgan fingerprint density at radius 3 is 2.59 bits per heavy atom. The second kappa shape index (κ2) is 4.48. The molecule has 2 saturated carbocycles. The molecule has 0 amide bonds. The normalized spacial score (nSPS) is 23.0. The van der Waals surface area contributed by atoms with Crippen molar-refractivity contribution >= 4 is 11.8 Å². The minimum atomic E-state index is -0.741. The third-order valence-corrected chi connectivity index (χ3v) is 5.29. The molecule has 0 radical (unpaired) electrons. The number of aliphatic hydroxyl groups excluding tert-OH is 1.